The number of fused-ring (bicyclic) bond motifs is 2. The minimum atomic E-state index is 0.472. The van der Waals surface area contributed by atoms with E-state index in [9.17, 15) is 0 Å². The zero-order chi connectivity index (χ0) is 17.5. The van der Waals surface area contributed by atoms with E-state index in [1.54, 1.807) is 6.33 Å². The molecule has 1 fully saturated rings. The molecule has 1 atom stereocenters. The molecular formula is C20H21N5S. The number of thiophene rings is 1. The highest BCUT2D eigenvalue weighted by molar-refractivity contribution is 7.17. The monoisotopic (exact) mass is 363 g/mol. The van der Waals surface area contributed by atoms with Crippen molar-refractivity contribution in [3.8, 4) is 0 Å². The molecule has 0 spiro atoms. The van der Waals surface area contributed by atoms with Crippen LogP contribution in [0.3, 0.4) is 0 Å². The maximum Gasteiger partial charge on any atom is 0.252 e. The molecule has 1 unspecified atom stereocenters. The lowest BCUT2D eigenvalue weighted by molar-refractivity contribution is 0.198. The smallest absolute Gasteiger partial charge is 0.252 e. The summed E-state index contributed by atoms with van der Waals surface area (Å²) in [4.78, 5) is 11.3. The fourth-order valence-electron chi connectivity index (χ4n) is 4.09. The highest BCUT2D eigenvalue weighted by Gasteiger charge is 2.25. The van der Waals surface area contributed by atoms with Gasteiger partial charge in [-0.05, 0) is 54.8 Å². The number of piperidine rings is 1. The zero-order valence-corrected chi connectivity index (χ0v) is 15.6. The van der Waals surface area contributed by atoms with Gasteiger partial charge in [-0.25, -0.2) is 9.50 Å². The Morgan fingerprint density at radius 2 is 2.19 bits per heavy atom. The molecular weight excluding hydrogens is 342 g/mol. The number of aryl methyl sites for hydroxylation is 1. The van der Waals surface area contributed by atoms with Crippen LogP contribution >= 0.6 is 11.3 Å². The lowest BCUT2D eigenvalue weighted by atomic mass is 9.93. The van der Waals surface area contributed by atoms with E-state index < -0.39 is 0 Å². The molecule has 4 heterocycles. The molecule has 5 rings (SSSR count). The van der Waals surface area contributed by atoms with Crippen LogP contribution in [0.1, 0.15) is 35.7 Å². The van der Waals surface area contributed by atoms with Gasteiger partial charge in [-0.15, -0.1) is 11.3 Å². The van der Waals surface area contributed by atoms with Crippen LogP contribution in [0.25, 0.3) is 15.9 Å². The van der Waals surface area contributed by atoms with E-state index in [1.807, 2.05) is 22.8 Å². The molecule has 26 heavy (non-hydrogen) atoms. The summed E-state index contributed by atoms with van der Waals surface area (Å²) in [6, 6.07) is 10.9. The molecule has 0 radical (unpaired) electrons. The summed E-state index contributed by atoms with van der Waals surface area (Å²) < 4.78 is 3.30. The molecule has 132 valence electrons. The Hall–Kier alpha value is -2.31. The zero-order valence-electron chi connectivity index (χ0n) is 14.8. The standard InChI is InChI=1S/C20H21N5S/c1-14-9-18(25-20(23-14)21-13-22-25)15-5-4-8-24(10-15)11-16-12-26-19-7-3-2-6-17(16)19/h2-3,6-7,9,12-13,15H,4-5,8,10-11H2,1H3. The number of hydrogen-bond acceptors (Lipinski definition) is 5. The summed E-state index contributed by atoms with van der Waals surface area (Å²) in [5, 5.41) is 8.12. The lowest BCUT2D eigenvalue weighted by Gasteiger charge is -2.32. The summed E-state index contributed by atoms with van der Waals surface area (Å²) in [5.41, 5.74) is 3.70. The van der Waals surface area contributed by atoms with Crippen LogP contribution in [0.15, 0.2) is 42.0 Å². The first-order chi connectivity index (χ1) is 12.8. The largest absolute Gasteiger partial charge is 0.298 e. The third-order valence-corrected chi connectivity index (χ3v) is 6.30. The second kappa shape index (κ2) is 6.45. The van der Waals surface area contributed by atoms with Gasteiger partial charge in [-0.3, -0.25) is 4.90 Å². The first kappa shape index (κ1) is 15.9. The molecule has 0 aliphatic carbocycles. The first-order valence-corrected chi connectivity index (χ1v) is 10.0. The molecule has 0 saturated carbocycles. The average molecular weight is 363 g/mol. The minimum Gasteiger partial charge on any atom is -0.298 e. The maximum atomic E-state index is 4.48. The minimum absolute atomic E-state index is 0.472. The van der Waals surface area contributed by atoms with Crippen molar-refractivity contribution < 1.29 is 0 Å². The van der Waals surface area contributed by atoms with Crippen LogP contribution in [0.5, 0.6) is 0 Å². The number of nitrogens with zero attached hydrogens (tertiary/aromatic N) is 5. The molecule has 4 aromatic rings. The summed E-state index contributed by atoms with van der Waals surface area (Å²) >= 11 is 1.85. The van der Waals surface area contributed by atoms with Crippen molar-refractivity contribution in [2.45, 2.75) is 32.2 Å². The highest BCUT2D eigenvalue weighted by Crippen LogP contribution is 2.31. The van der Waals surface area contributed by atoms with Crippen LogP contribution < -0.4 is 0 Å². The van der Waals surface area contributed by atoms with E-state index in [2.05, 4.69) is 55.7 Å². The Morgan fingerprint density at radius 3 is 3.15 bits per heavy atom. The third-order valence-electron chi connectivity index (χ3n) is 5.29. The van der Waals surface area contributed by atoms with Gasteiger partial charge in [0.25, 0.3) is 5.78 Å². The van der Waals surface area contributed by atoms with Gasteiger partial charge in [-0.2, -0.15) is 10.1 Å². The molecule has 1 aliphatic heterocycles. The second-order valence-electron chi connectivity index (χ2n) is 7.13. The van der Waals surface area contributed by atoms with E-state index in [-0.39, 0.29) is 0 Å². The summed E-state index contributed by atoms with van der Waals surface area (Å²) in [5.74, 6) is 1.18. The molecule has 0 N–H and O–H groups in total. The quantitative estimate of drug-likeness (QED) is 0.551. The number of aromatic nitrogens is 4. The van der Waals surface area contributed by atoms with Crippen LogP contribution in [-0.4, -0.2) is 37.6 Å². The molecule has 1 saturated heterocycles. The Labute approximate surface area is 156 Å². The second-order valence-corrected chi connectivity index (χ2v) is 8.04. The Balaban J connectivity index is 1.42. The van der Waals surface area contributed by atoms with Crippen molar-refractivity contribution in [3.05, 3.63) is 59.0 Å². The fraction of sp³-hybridized carbons (Fsp3) is 0.350. The number of likely N-dealkylation sites (tertiary alicyclic amines) is 1. The molecule has 0 amide bonds. The van der Waals surface area contributed by atoms with Gasteiger partial charge in [0.2, 0.25) is 0 Å². The van der Waals surface area contributed by atoms with E-state index in [4.69, 9.17) is 0 Å². The van der Waals surface area contributed by atoms with Gasteiger partial charge in [0.1, 0.15) is 6.33 Å². The van der Waals surface area contributed by atoms with Gasteiger partial charge < -0.3 is 0 Å². The van der Waals surface area contributed by atoms with Crippen LogP contribution in [0.2, 0.25) is 0 Å². The molecule has 6 heteroatoms. The van der Waals surface area contributed by atoms with E-state index >= 15 is 0 Å². The van der Waals surface area contributed by atoms with Crippen molar-refractivity contribution >= 4 is 27.2 Å². The molecule has 1 aromatic carbocycles. The van der Waals surface area contributed by atoms with Crippen molar-refractivity contribution in [2.24, 2.45) is 0 Å². The Morgan fingerprint density at radius 1 is 1.27 bits per heavy atom. The lowest BCUT2D eigenvalue weighted by Crippen LogP contribution is -2.34. The molecule has 3 aromatic heterocycles. The predicted octanol–water partition coefficient (Wildman–Crippen LogP) is 4.03. The fourth-order valence-corrected chi connectivity index (χ4v) is 5.04. The van der Waals surface area contributed by atoms with Gasteiger partial charge >= 0.3 is 0 Å². The van der Waals surface area contributed by atoms with Gasteiger partial charge in [0.15, 0.2) is 0 Å². The van der Waals surface area contributed by atoms with E-state index in [0.29, 0.717) is 11.7 Å². The maximum absolute atomic E-state index is 4.48. The number of hydrogen-bond donors (Lipinski definition) is 0. The van der Waals surface area contributed by atoms with Crippen LogP contribution in [-0.2, 0) is 6.54 Å². The third kappa shape index (κ3) is 2.79. The van der Waals surface area contributed by atoms with Crippen molar-refractivity contribution in [2.75, 3.05) is 13.1 Å². The summed E-state index contributed by atoms with van der Waals surface area (Å²) in [6.07, 6.45) is 4.01. The number of benzene rings is 1. The van der Waals surface area contributed by atoms with Gasteiger partial charge in [0, 0.05) is 29.4 Å². The average Bonchev–Trinajstić information content (AvgIpc) is 3.28. The van der Waals surface area contributed by atoms with Crippen molar-refractivity contribution in [1.29, 1.82) is 0 Å². The number of rotatable bonds is 3. The topological polar surface area (TPSA) is 46.3 Å². The van der Waals surface area contributed by atoms with Crippen molar-refractivity contribution in [1.82, 2.24) is 24.5 Å². The van der Waals surface area contributed by atoms with Gasteiger partial charge in [0.05, 0.1) is 5.69 Å². The van der Waals surface area contributed by atoms with Gasteiger partial charge in [-0.1, -0.05) is 18.2 Å². The van der Waals surface area contributed by atoms with E-state index in [0.717, 1.165) is 25.3 Å². The highest BCUT2D eigenvalue weighted by atomic mass is 32.1. The summed E-state index contributed by atoms with van der Waals surface area (Å²) in [6.45, 7) is 5.27. The van der Waals surface area contributed by atoms with Crippen LogP contribution in [0.4, 0.5) is 0 Å². The van der Waals surface area contributed by atoms with Crippen LogP contribution in [0, 0.1) is 6.92 Å². The molecule has 0 bridgehead atoms. The normalized spacial score (nSPS) is 18.7. The molecule has 5 nitrogen and oxygen atoms in total. The predicted molar refractivity (Wildman–Crippen MR) is 105 cm³/mol. The SMILES string of the molecule is Cc1cc(C2CCCN(Cc3csc4ccccc34)C2)n2ncnc2n1. The van der Waals surface area contributed by atoms with Crippen molar-refractivity contribution in [3.63, 3.8) is 0 Å². The molecule has 1 aliphatic rings. The van der Waals surface area contributed by atoms with E-state index in [1.165, 1.54) is 34.2 Å². The Kier molecular flexibility index (Phi) is 3.94. The summed E-state index contributed by atoms with van der Waals surface area (Å²) in [7, 11) is 0. The first-order valence-electron chi connectivity index (χ1n) is 9.13. The Bertz CT molecular complexity index is 1070.